The number of benzene rings is 2. The number of nitrogens with one attached hydrogen (secondary N) is 2. The maximum absolute atomic E-state index is 12.6. The highest BCUT2D eigenvalue weighted by Crippen LogP contribution is 2.27. The normalized spacial score (nSPS) is 14.9. The second kappa shape index (κ2) is 10.0. The third kappa shape index (κ3) is 5.98. The fraction of sp³-hybridized carbons (Fsp3) is 0.364. The third-order valence-electron chi connectivity index (χ3n) is 5.06. The minimum absolute atomic E-state index is 0.0178. The van der Waals surface area contributed by atoms with Gasteiger partial charge in [-0.25, -0.2) is 13.2 Å². The van der Waals surface area contributed by atoms with E-state index >= 15 is 0 Å². The molecule has 1 aliphatic rings. The first kappa shape index (κ1) is 23.6. The van der Waals surface area contributed by atoms with Gasteiger partial charge in [0, 0.05) is 37.9 Å². The van der Waals surface area contributed by atoms with E-state index in [1.165, 1.54) is 18.2 Å². The van der Waals surface area contributed by atoms with Crippen LogP contribution < -0.4 is 14.9 Å². The number of sulfonamides is 1. The Labute approximate surface area is 188 Å². The van der Waals surface area contributed by atoms with Crippen LogP contribution in [0.2, 0.25) is 0 Å². The van der Waals surface area contributed by atoms with Crippen LogP contribution in [-0.4, -0.2) is 69.1 Å². The maximum Gasteiger partial charge on any atom is 0.337 e. The van der Waals surface area contributed by atoms with Gasteiger partial charge in [0.1, 0.15) is 0 Å². The molecule has 1 amide bonds. The minimum atomic E-state index is -3.82. The van der Waals surface area contributed by atoms with Gasteiger partial charge in [0.2, 0.25) is 5.91 Å². The van der Waals surface area contributed by atoms with Crippen LogP contribution in [0, 0.1) is 0 Å². The van der Waals surface area contributed by atoms with Crippen LogP contribution >= 0.6 is 0 Å². The topological polar surface area (TPSA) is 119 Å². The number of aromatic carboxylic acids is 1. The zero-order chi connectivity index (χ0) is 23.3. The molecule has 3 N–H and O–H groups in total. The van der Waals surface area contributed by atoms with E-state index in [1.54, 1.807) is 30.3 Å². The van der Waals surface area contributed by atoms with Crippen LogP contribution in [-0.2, 0) is 14.8 Å². The highest BCUT2D eigenvalue weighted by molar-refractivity contribution is 7.92. The van der Waals surface area contributed by atoms with E-state index in [1.807, 2.05) is 23.6 Å². The van der Waals surface area contributed by atoms with Crippen molar-refractivity contribution in [2.45, 2.75) is 24.8 Å². The Morgan fingerprint density at radius 1 is 1.03 bits per heavy atom. The average Bonchev–Trinajstić information content (AvgIpc) is 2.74. The number of amides is 1. The van der Waals surface area contributed by atoms with Crippen molar-refractivity contribution >= 4 is 33.3 Å². The second-order valence-electron chi connectivity index (χ2n) is 7.94. The molecule has 1 aliphatic heterocycles. The number of piperazine rings is 1. The van der Waals surface area contributed by atoms with Crippen LogP contribution in [0.25, 0.3) is 0 Å². The fourth-order valence-corrected chi connectivity index (χ4v) is 4.65. The van der Waals surface area contributed by atoms with Gasteiger partial charge in [-0.05, 0) is 44.2 Å². The van der Waals surface area contributed by atoms with Crippen molar-refractivity contribution in [3.05, 3.63) is 54.1 Å². The monoisotopic (exact) mass is 460 g/mol. The van der Waals surface area contributed by atoms with Gasteiger partial charge in [-0.15, -0.1) is 0 Å². The first-order valence-corrected chi connectivity index (χ1v) is 11.9. The van der Waals surface area contributed by atoms with Crippen molar-refractivity contribution in [1.82, 2.24) is 10.2 Å². The molecule has 1 fully saturated rings. The molecule has 0 aromatic heterocycles. The summed E-state index contributed by atoms with van der Waals surface area (Å²) >= 11 is 0. The first-order valence-electron chi connectivity index (χ1n) is 10.4. The summed E-state index contributed by atoms with van der Waals surface area (Å²) in [6.45, 7) is 6.48. The van der Waals surface area contributed by atoms with Crippen LogP contribution in [0.4, 0.5) is 11.4 Å². The molecule has 1 heterocycles. The molecular weight excluding hydrogens is 432 g/mol. The number of carboxylic acid groups (broad SMARTS) is 1. The summed E-state index contributed by atoms with van der Waals surface area (Å²) < 4.78 is 27.5. The maximum atomic E-state index is 12.6. The van der Waals surface area contributed by atoms with Gasteiger partial charge in [0.15, 0.2) is 0 Å². The molecule has 2 aromatic carbocycles. The molecule has 0 saturated carbocycles. The van der Waals surface area contributed by atoms with Crippen molar-refractivity contribution in [1.29, 1.82) is 0 Å². The summed E-state index contributed by atoms with van der Waals surface area (Å²) in [5, 5.41) is 12.6. The average molecular weight is 461 g/mol. The Balaban J connectivity index is 1.71. The lowest BCUT2D eigenvalue weighted by Gasteiger charge is -2.36. The number of nitrogens with zero attached hydrogens (tertiary/aromatic N) is 2. The summed E-state index contributed by atoms with van der Waals surface area (Å²) in [6, 6.07) is 12.5. The number of hydrogen-bond donors (Lipinski definition) is 3. The van der Waals surface area contributed by atoms with E-state index in [2.05, 4.69) is 10.0 Å². The molecule has 3 rings (SSSR count). The summed E-state index contributed by atoms with van der Waals surface area (Å²) in [4.78, 5) is 27.9. The fourth-order valence-electron chi connectivity index (χ4n) is 3.58. The molecule has 0 spiro atoms. The highest BCUT2D eigenvalue weighted by atomic mass is 32.2. The Morgan fingerprint density at radius 3 is 2.28 bits per heavy atom. The molecule has 10 heteroatoms. The number of carbonyl (C=O) groups excluding carboxylic acids is 1. The Hall–Kier alpha value is -3.11. The largest absolute Gasteiger partial charge is 0.478 e. The molecule has 0 bridgehead atoms. The van der Waals surface area contributed by atoms with Crippen molar-refractivity contribution in [3.63, 3.8) is 0 Å². The molecule has 2 aromatic rings. The number of rotatable bonds is 8. The minimum Gasteiger partial charge on any atom is -0.478 e. The number of carbonyl (C=O) groups is 2. The Morgan fingerprint density at radius 2 is 1.69 bits per heavy atom. The molecule has 9 nitrogen and oxygen atoms in total. The second-order valence-corrected chi connectivity index (χ2v) is 9.62. The van der Waals surface area contributed by atoms with Gasteiger partial charge in [0.05, 0.1) is 22.7 Å². The zero-order valence-electron chi connectivity index (χ0n) is 18.1. The van der Waals surface area contributed by atoms with Gasteiger partial charge in [-0.2, -0.15) is 0 Å². The summed E-state index contributed by atoms with van der Waals surface area (Å²) in [7, 11) is -3.82. The lowest BCUT2D eigenvalue weighted by atomic mass is 10.1. The van der Waals surface area contributed by atoms with Crippen molar-refractivity contribution in [2.24, 2.45) is 0 Å². The molecule has 0 atom stereocenters. The quantitative estimate of drug-likeness (QED) is 0.550. The Kier molecular flexibility index (Phi) is 7.37. The van der Waals surface area contributed by atoms with E-state index in [9.17, 15) is 23.1 Å². The van der Waals surface area contributed by atoms with Gasteiger partial charge in [-0.3, -0.25) is 14.4 Å². The van der Waals surface area contributed by atoms with E-state index in [4.69, 9.17) is 0 Å². The molecule has 172 valence electrons. The van der Waals surface area contributed by atoms with Crippen molar-refractivity contribution in [2.75, 3.05) is 42.3 Å². The van der Waals surface area contributed by atoms with E-state index in [0.717, 1.165) is 0 Å². The molecule has 32 heavy (non-hydrogen) atoms. The third-order valence-corrected chi connectivity index (χ3v) is 6.46. The lowest BCUT2D eigenvalue weighted by molar-refractivity contribution is -0.122. The van der Waals surface area contributed by atoms with Crippen LogP contribution in [0.1, 0.15) is 24.2 Å². The van der Waals surface area contributed by atoms with Crippen LogP contribution in [0.3, 0.4) is 0 Å². The summed E-state index contributed by atoms with van der Waals surface area (Å²) in [6.07, 6.45) is 0. The molecule has 0 radical (unpaired) electrons. The SMILES string of the molecule is CC(C)NC(=O)CN1CCN(c2ccc(NS(=O)(=O)c3ccccc3)cc2C(=O)O)CC1. The summed E-state index contributed by atoms with van der Waals surface area (Å²) in [5.41, 5.74) is 0.717. The van der Waals surface area contributed by atoms with Gasteiger partial charge >= 0.3 is 5.97 Å². The first-order chi connectivity index (χ1) is 15.2. The summed E-state index contributed by atoms with van der Waals surface area (Å²) in [5.74, 6) is -1.17. The number of hydrogen-bond acceptors (Lipinski definition) is 6. The standard InChI is InChI=1S/C22H28N4O5S/c1-16(2)23-21(27)15-25-10-12-26(13-11-25)20-9-8-17(14-19(20)22(28)29)24-32(30,31)18-6-4-3-5-7-18/h3-9,14,16,24H,10-13,15H2,1-2H3,(H,23,27)(H,28,29). The smallest absolute Gasteiger partial charge is 0.337 e. The van der Waals surface area contributed by atoms with E-state index < -0.39 is 16.0 Å². The van der Waals surface area contributed by atoms with Crippen LogP contribution in [0.5, 0.6) is 0 Å². The highest BCUT2D eigenvalue weighted by Gasteiger charge is 2.24. The molecule has 0 unspecified atom stereocenters. The Bertz CT molecular complexity index is 1060. The van der Waals surface area contributed by atoms with Crippen molar-refractivity contribution < 1.29 is 23.1 Å². The number of anilines is 2. The van der Waals surface area contributed by atoms with E-state index in [-0.39, 0.29) is 28.1 Å². The van der Waals surface area contributed by atoms with E-state index in [0.29, 0.717) is 38.4 Å². The molecule has 1 saturated heterocycles. The predicted molar refractivity (Wildman–Crippen MR) is 123 cm³/mol. The van der Waals surface area contributed by atoms with Gasteiger partial charge < -0.3 is 15.3 Å². The number of carboxylic acids is 1. The predicted octanol–water partition coefficient (Wildman–Crippen LogP) is 1.83. The van der Waals surface area contributed by atoms with Crippen LogP contribution in [0.15, 0.2) is 53.4 Å². The van der Waals surface area contributed by atoms with Gasteiger partial charge in [-0.1, -0.05) is 18.2 Å². The van der Waals surface area contributed by atoms with Gasteiger partial charge in [0.25, 0.3) is 10.0 Å². The molecular formula is C22H28N4O5S. The van der Waals surface area contributed by atoms with Crippen molar-refractivity contribution in [3.8, 4) is 0 Å². The molecule has 0 aliphatic carbocycles. The zero-order valence-corrected chi connectivity index (χ0v) is 18.9. The lowest BCUT2D eigenvalue weighted by Crippen LogP contribution is -2.50.